The van der Waals surface area contributed by atoms with E-state index in [0.29, 0.717) is 5.69 Å². The second-order valence-electron chi connectivity index (χ2n) is 4.95. The molecule has 0 aliphatic rings. The zero-order valence-corrected chi connectivity index (χ0v) is 13.5. The first kappa shape index (κ1) is 16.8. The second-order valence-corrected chi connectivity index (χ2v) is 4.95. The highest BCUT2D eigenvalue weighted by molar-refractivity contribution is 5.42. The van der Waals surface area contributed by atoms with Gasteiger partial charge in [0.25, 0.3) is 5.69 Å². The highest BCUT2D eigenvalue weighted by Gasteiger charge is 2.06. The lowest BCUT2D eigenvalue weighted by Crippen LogP contribution is -2.09. The Morgan fingerprint density at radius 2 is 1.69 bits per heavy atom. The van der Waals surface area contributed by atoms with Gasteiger partial charge in [-0.3, -0.25) is 15.5 Å². The zero-order chi connectivity index (χ0) is 18.2. The van der Waals surface area contributed by atoms with Crippen molar-refractivity contribution in [2.75, 3.05) is 5.43 Å². The first-order valence-corrected chi connectivity index (χ1v) is 7.52. The lowest BCUT2D eigenvalue weighted by molar-refractivity contribution is -0.384. The fourth-order valence-electron chi connectivity index (χ4n) is 2.01. The lowest BCUT2D eigenvalue weighted by Gasteiger charge is -2.02. The van der Waals surface area contributed by atoms with Gasteiger partial charge in [-0.1, -0.05) is 29.5 Å². The molecule has 0 spiro atoms. The van der Waals surface area contributed by atoms with Crippen LogP contribution in [0.3, 0.4) is 0 Å². The Morgan fingerprint density at radius 3 is 2.35 bits per heavy atom. The average Bonchev–Trinajstić information content (AvgIpc) is 3.37. The Bertz CT molecular complexity index is 940. The Kier molecular flexibility index (Phi) is 5.25. The topological polar surface area (TPSA) is 117 Å². The minimum absolute atomic E-state index is 0.0398. The molecule has 0 saturated carbocycles. The van der Waals surface area contributed by atoms with Crippen LogP contribution in [0.15, 0.2) is 79.4 Å². The summed E-state index contributed by atoms with van der Waals surface area (Å²) < 4.78 is 1.47. The fourth-order valence-corrected chi connectivity index (χ4v) is 2.01. The highest BCUT2D eigenvalue weighted by Crippen LogP contribution is 2.15. The molecule has 1 N–H and O–H groups in total. The van der Waals surface area contributed by atoms with Crippen LogP contribution in [0, 0.1) is 10.1 Å². The van der Waals surface area contributed by atoms with Crippen LogP contribution in [0.4, 0.5) is 11.4 Å². The number of nitrogens with zero attached hydrogens (tertiary/aromatic N) is 7. The SMILES string of the molecule is O=[N+]([O-])c1cccc(-n2ccnn2)c1.c1ccc(Nn2ccnn2)cc1. The lowest BCUT2D eigenvalue weighted by atomic mass is 10.3. The second kappa shape index (κ2) is 8.15. The minimum Gasteiger partial charge on any atom is -0.277 e. The maximum absolute atomic E-state index is 10.5. The van der Waals surface area contributed by atoms with Crippen molar-refractivity contribution in [3.05, 3.63) is 89.5 Å². The van der Waals surface area contributed by atoms with Gasteiger partial charge < -0.3 is 0 Å². The maximum atomic E-state index is 10.5. The van der Waals surface area contributed by atoms with Crippen LogP contribution in [0.5, 0.6) is 0 Å². The number of hydrogen-bond acceptors (Lipinski definition) is 7. The number of hydrogen-bond donors (Lipinski definition) is 1. The number of rotatable bonds is 4. The summed E-state index contributed by atoms with van der Waals surface area (Å²) in [7, 11) is 0. The van der Waals surface area contributed by atoms with Crippen LogP contribution in [0.1, 0.15) is 0 Å². The summed E-state index contributed by atoms with van der Waals surface area (Å²) in [5.41, 5.74) is 4.68. The van der Waals surface area contributed by atoms with Crippen LogP contribution in [0.2, 0.25) is 0 Å². The molecular formula is C16H14N8O2. The minimum atomic E-state index is -0.444. The van der Waals surface area contributed by atoms with Crippen molar-refractivity contribution in [1.82, 2.24) is 30.1 Å². The van der Waals surface area contributed by atoms with Crippen molar-refractivity contribution >= 4 is 11.4 Å². The molecule has 0 atom stereocenters. The number of aromatic nitrogens is 6. The Balaban J connectivity index is 0.000000152. The smallest absolute Gasteiger partial charge is 0.271 e. The molecule has 2 aromatic carbocycles. The van der Waals surface area contributed by atoms with Crippen LogP contribution in [0.25, 0.3) is 5.69 Å². The van der Waals surface area contributed by atoms with Crippen molar-refractivity contribution < 1.29 is 4.92 Å². The number of nitrogens with one attached hydrogen (secondary N) is 1. The number of benzene rings is 2. The van der Waals surface area contributed by atoms with E-state index in [1.165, 1.54) is 23.0 Å². The van der Waals surface area contributed by atoms with Gasteiger partial charge in [-0.05, 0) is 23.4 Å². The Labute approximate surface area is 147 Å². The van der Waals surface area contributed by atoms with E-state index in [1.807, 2.05) is 30.3 Å². The van der Waals surface area contributed by atoms with E-state index in [4.69, 9.17) is 0 Å². The normalized spacial score (nSPS) is 9.85. The quantitative estimate of drug-likeness (QED) is 0.443. The summed E-state index contributed by atoms with van der Waals surface area (Å²) >= 11 is 0. The molecule has 0 unspecified atom stereocenters. The number of para-hydroxylation sites is 1. The van der Waals surface area contributed by atoms with Gasteiger partial charge in [0.1, 0.15) is 0 Å². The van der Waals surface area contributed by atoms with E-state index in [9.17, 15) is 10.1 Å². The molecule has 130 valence electrons. The van der Waals surface area contributed by atoms with Crippen LogP contribution < -0.4 is 5.43 Å². The van der Waals surface area contributed by atoms with Crippen molar-refractivity contribution in [3.8, 4) is 5.69 Å². The van der Waals surface area contributed by atoms with E-state index in [2.05, 4.69) is 26.0 Å². The van der Waals surface area contributed by atoms with Gasteiger partial charge in [-0.25, -0.2) is 4.68 Å². The summed E-state index contributed by atoms with van der Waals surface area (Å²) in [5.74, 6) is 0. The largest absolute Gasteiger partial charge is 0.277 e. The van der Waals surface area contributed by atoms with E-state index in [1.54, 1.807) is 35.5 Å². The predicted molar refractivity (Wildman–Crippen MR) is 93.5 cm³/mol. The summed E-state index contributed by atoms with van der Waals surface area (Å²) in [6, 6.07) is 16.0. The molecule has 0 amide bonds. The third-order valence-corrected chi connectivity index (χ3v) is 3.17. The average molecular weight is 350 g/mol. The molecule has 26 heavy (non-hydrogen) atoms. The maximum Gasteiger partial charge on any atom is 0.271 e. The molecule has 0 aliphatic heterocycles. The summed E-state index contributed by atoms with van der Waals surface area (Å²) in [4.78, 5) is 11.6. The molecule has 0 saturated heterocycles. The molecule has 4 rings (SSSR count). The van der Waals surface area contributed by atoms with Crippen molar-refractivity contribution in [2.45, 2.75) is 0 Å². The number of non-ortho nitro benzene ring substituents is 1. The third-order valence-electron chi connectivity index (χ3n) is 3.17. The molecule has 0 fully saturated rings. The monoisotopic (exact) mass is 350 g/mol. The van der Waals surface area contributed by atoms with Gasteiger partial charge in [-0.15, -0.1) is 10.2 Å². The van der Waals surface area contributed by atoms with E-state index < -0.39 is 4.92 Å². The fraction of sp³-hybridized carbons (Fsp3) is 0. The molecule has 0 bridgehead atoms. The standard InChI is InChI=1S/C8H6N4O2.C8H8N4/c13-12(14)8-3-1-2-7(6-8)11-5-4-9-10-11;1-2-4-8(5-3-1)10-12-7-6-9-11-12/h1-6H;1-7,10H. The van der Waals surface area contributed by atoms with E-state index >= 15 is 0 Å². The van der Waals surface area contributed by atoms with Crippen LogP contribution in [-0.2, 0) is 0 Å². The molecule has 2 heterocycles. The predicted octanol–water partition coefficient (Wildman–Crippen LogP) is 2.33. The van der Waals surface area contributed by atoms with Crippen molar-refractivity contribution in [3.63, 3.8) is 0 Å². The molecule has 0 radical (unpaired) electrons. The molecule has 2 aromatic heterocycles. The number of anilines is 1. The van der Waals surface area contributed by atoms with Crippen LogP contribution >= 0.6 is 0 Å². The highest BCUT2D eigenvalue weighted by atomic mass is 16.6. The van der Waals surface area contributed by atoms with Gasteiger partial charge in [0.2, 0.25) is 0 Å². The third kappa shape index (κ3) is 4.47. The Hall–Kier alpha value is -4.08. The van der Waals surface area contributed by atoms with Gasteiger partial charge in [0.05, 0.1) is 41.1 Å². The van der Waals surface area contributed by atoms with Gasteiger partial charge in [-0.2, -0.15) is 4.79 Å². The molecule has 4 aromatic rings. The van der Waals surface area contributed by atoms with E-state index in [0.717, 1.165) is 5.69 Å². The summed E-state index contributed by atoms with van der Waals surface area (Å²) in [5, 5.41) is 25.3. The van der Waals surface area contributed by atoms with E-state index in [-0.39, 0.29) is 5.69 Å². The first-order chi connectivity index (χ1) is 12.7. The molecule has 0 aliphatic carbocycles. The molecular weight excluding hydrogens is 336 g/mol. The van der Waals surface area contributed by atoms with Crippen molar-refractivity contribution in [1.29, 1.82) is 0 Å². The van der Waals surface area contributed by atoms with Crippen LogP contribution in [-0.4, -0.2) is 35.0 Å². The zero-order valence-electron chi connectivity index (χ0n) is 13.5. The van der Waals surface area contributed by atoms with Gasteiger partial charge in [0, 0.05) is 12.1 Å². The molecule has 10 nitrogen and oxygen atoms in total. The van der Waals surface area contributed by atoms with Crippen molar-refractivity contribution in [2.24, 2.45) is 0 Å². The van der Waals surface area contributed by atoms with Gasteiger partial charge >= 0.3 is 0 Å². The number of nitro groups is 1. The summed E-state index contributed by atoms with van der Waals surface area (Å²) in [6.07, 6.45) is 6.50. The van der Waals surface area contributed by atoms with Gasteiger partial charge in [0.15, 0.2) is 0 Å². The Morgan fingerprint density at radius 1 is 0.923 bits per heavy atom. The first-order valence-electron chi connectivity index (χ1n) is 7.52. The summed E-state index contributed by atoms with van der Waals surface area (Å²) in [6.45, 7) is 0. The molecule has 10 heteroatoms. The number of nitro benzene ring substituents is 1.